The highest BCUT2D eigenvalue weighted by molar-refractivity contribution is 5.86. The van der Waals surface area contributed by atoms with Gasteiger partial charge in [-0.2, -0.15) is 0 Å². The smallest absolute Gasteiger partial charge is 0.127 e. The molecule has 2 aromatic carbocycles. The number of hydrogen-bond donors (Lipinski definition) is 0. The van der Waals surface area contributed by atoms with Crippen molar-refractivity contribution in [2.24, 2.45) is 0 Å². The van der Waals surface area contributed by atoms with Crippen molar-refractivity contribution >= 4 is 30.4 Å². The number of hydrogen-bond acceptors (Lipinski definition) is 2. The number of nitrogens with zero attached hydrogens (tertiary/aromatic N) is 1. The number of fused-ring (bicyclic) bond motifs is 2. The topological polar surface area (TPSA) is 12.5 Å². The van der Waals surface area contributed by atoms with E-state index in [-0.39, 0.29) is 24.8 Å². The van der Waals surface area contributed by atoms with E-state index < -0.39 is 0 Å². The molecule has 4 heteroatoms. The van der Waals surface area contributed by atoms with E-state index in [1.807, 2.05) is 6.07 Å². The lowest BCUT2D eigenvalue weighted by Crippen LogP contribution is -2.12. The standard InChI is InChI=1S/C19H21NO.2ClH/c1-20(2)13-7-11-17-16-9-4-3-8-15(16)14-21-19-12-6-5-10-18(17)19;;/h3-6,8-12H,7,13-14H2,1-2H3;2*1H. The summed E-state index contributed by atoms with van der Waals surface area (Å²) in [5.74, 6) is 0.977. The van der Waals surface area contributed by atoms with Gasteiger partial charge in [0.1, 0.15) is 12.4 Å². The molecule has 0 fully saturated rings. The van der Waals surface area contributed by atoms with E-state index in [0.29, 0.717) is 6.61 Å². The first-order valence-electron chi connectivity index (χ1n) is 7.41. The van der Waals surface area contributed by atoms with Crippen LogP contribution in [0.25, 0.3) is 5.57 Å². The second kappa shape index (κ2) is 8.97. The molecule has 23 heavy (non-hydrogen) atoms. The first-order valence-corrected chi connectivity index (χ1v) is 7.41. The monoisotopic (exact) mass is 351 g/mol. The molecule has 0 radical (unpaired) electrons. The van der Waals surface area contributed by atoms with Gasteiger partial charge in [0.15, 0.2) is 0 Å². The number of halogens is 2. The molecule has 0 spiro atoms. The number of rotatable bonds is 3. The summed E-state index contributed by atoms with van der Waals surface area (Å²) >= 11 is 0. The Kier molecular flexibility index (Phi) is 7.63. The van der Waals surface area contributed by atoms with Crippen LogP contribution in [0.1, 0.15) is 23.1 Å². The van der Waals surface area contributed by atoms with Gasteiger partial charge in [-0.25, -0.2) is 0 Å². The average Bonchev–Trinajstić information content (AvgIpc) is 2.65. The van der Waals surface area contributed by atoms with Crippen molar-refractivity contribution in [3.8, 4) is 5.75 Å². The molecule has 0 aliphatic carbocycles. The highest BCUT2D eigenvalue weighted by Gasteiger charge is 2.17. The first kappa shape index (κ1) is 19.6. The third-order valence-electron chi connectivity index (χ3n) is 3.79. The van der Waals surface area contributed by atoms with Crippen molar-refractivity contribution in [2.45, 2.75) is 13.0 Å². The van der Waals surface area contributed by atoms with E-state index in [1.165, 1.54) is 22.3 Å². The zero-order chi connectivity index (χ0) is 14.7. The fraction of sp³-hybridized carbons (Fsp3) is 0.263. The highest BCUT2D eigenvalue weighted by Crippen LogP contribution is 2.36. The lowest BCUT2D eigenvalue weighted by Gasteiger charge is -2.12. The largest absolute Gasteiger partial charge is 0.488 e. The fourth-order valence-corrected chi connectivity index (χ4v) is 2.71. The lowest BCUT2D eigenvalue weighted by molar-refractivity contribution is 0.307. The van der Waals surface area contributed by atoms with Crippen molar-refractivity contribution in [1.82, 2.24) is 4.90 Å². The molecule has 0 N–H and O–H groups in total. The molecule has 2 nitrogen and oxygen atoms in total. The van der Waals surface area contributed by atoms with Gasteiger partial charge in [-0.3, -0.25) is 0 Å². The van der Waals surface area contributed by atoms with E-state index in [9.17, 15) is 0 Å². The highest BCUT2D eigenvalue weighted by atomic mass is 35.5. The Bertz CT molecular complexity index is 618. The summed E-state index contributed by atoms with van der Waals surface area (Å²) in [6.07, 6.45) is 3.37. The summed E-state index contributed by atoms with van der Waals surface area (Å²) in [6.45, 7) is 1.69. The van der Waals surface area contributed by atoms with Gasteiger partial charge in [0.05, 0.1) is 0 Å². The summed E-state index contributed by atoms with van der Waals surface area (Å²) in [5.41, 5.74) is 5.03. The minimum absolute atomic E-state index is 0. The van der Waals surface area contributed by atoms with Crippen LogP contribution in [0.4, 0.5) is 0 Å². The van der Waals surface area contributed by atoms with Crippen LogP contribution in [-0.2, 0) is 6.61 Å². The molecule has 2 aromatic rings. The van der Waals surface area contributed by atoms with Crippen LogP contribution in [0.15, 0.2) is 54.6 Å². The van der Waals surface area contributed by atoms with Crippen molar-refractivity contribution in [2.75, 3.05) is 20.6 Å². The molecule has 0 saturated heterocycles. The second-order valence-electron chi connectivity index (χ2n) is 5.65. The maximum Gasteiger partial charge on any atom is 0.127 e. The van der Waals surface area contributed by atoms with Crippen LogP contribution in [0.3, 0.4) is 0 Å². The van der Waals surface area contributed by atoms with Crippen molar-refractivity contribution in [3.63, 3.8) is 0 Å². The molecule has 3 rings (SSSR count). The zero-order valence-corrected chi connectivity index (χ0v) is 15.1. The zero-order valence-electron chi connectivity index (χ0n) is 13.5. The van der Waals surface area contributed by atoms with E-state index in [4.69, 9.17) is 4.74 Å². The fourth-order valence-electron chi connectivity index (χ4n) is 2.71. The van der Waals surface area contributed by atoms with Crippen molar-refractivity contribution < 1.29 is 4.74 Å². The van der Waals surface area contributed by atoms with Crippen LogP contribution in [0.2, 0.25) is 0 Å². The van der Waals surface area contributed by atoms with Gasteiger partial charge in [0.25, 0.3) is 0 Å². The van der Waals surface area contributed by atoms with Crippen molar-refractivity contribution in [1.29, 1.82) is 0 Å². The Morgan fingerprint density at radius 3 is 2.35 bits per heavy atom. The molecule has 0 saturated carbocycles. The molecule has 0 aromatic heterocycles. The summed E-state index contributed by atoms with van der Waals surface area (Å²) in [4.78, 5) is 2.21. The minimum atomic E-state index is 0. The van der Waals surface area contributed by atoms with Gasteiger partial charge < -0.3 is 9.64 Å². The van der Waals surface area contributed by atoms with Crippen molar-refractivity contribution in [3.05, 3.63) is 71.3 Å². The van der Waals surface area contributed by atoms with Crippen LogP contribution in [0, 0.1) is 0 Å². The Morgan fingerprint density at radius 1 is 0.957 bits per heavy atom. The number of para-hydroxylation sites is 1. The van der Waals surface area contributed by atoms with E-state index in [0.717, 1.165) is 18.7 Å². The van der Waals surface area contributed by atoms with Crippen LogP contribution >= 0.6 is 24.8 Å². The van der Waals surface area contributed by atoms with E-state index >= 15 is 0 Å². The molecule has 124 valence electrons. The first-order chi connectivity index (χ1) is 10.3. The number of ether oxygens (including phenoxy) is 1. The third-order valence-corrected chi connectivity index (χ3v) is 3.79. The van der Waals surface area contributed by atoms with Gasteiger partial charge in [0.2, 0.25) is 0 Å². The molecule has 1 heterocycles. The van der Waals surface area contributed by atoms with Gasteiger partial charge in [-0.1, -0.05) is 48.5 Å². The summed E-state index contributed by atoms with van der Waals surface area (Å²) in [5, 5.41) is 0. The van der Waals surface area contributed by atoms with Gasteiger partial charge in [0, 0.05) is 12.1 Å². The predicted octanol–water partition coefficient (Wildman–Crippen LogP) is 4.81. The van der Waals surface area contributed by atoms with E-state index in [2.05, 4.69) is 67.5 Å². The normalized spacial score (nSPS) is 14.0. The Hall–Kier alpha value is -1.48. The Balaban J connectivity index is 0.00000132. The number of benzene rings is 2. The molecule has 0 amide bonds. The Labute approximate surface area is 151 Å². The van der Waals surface area contributed by atoms with Crippen LogP contribution in [-0.4, -0.2) is 25.5 Å². The lowest BCUT2D eigenvalue weighted by atomic mass is 9.93. The van der Waals surface area contributed by atoms with Gasteiger partial charge in [-0.15, -0.1) is 24.8 Å². The maximum atomic E-state index is 5.98. The summed E-state index contributed by atoms with van der Waals surface area (Å²) in [7, 11) is 4.22. The molecular formula is C19H23Cl2NO. The second-order valence-corrected chi connectivity index (χ2v) is 5.65. The van der Waals surface area contributed by atoms with Gasteiger partial charge >= 0.3 is 0 Å². The summed E-state index contributed by atoms with van der Waals surface area (Å²) in [6, 6.07) is 16.9. The van der Waals surface area contributed by atoms with E-state index in [1.54, 1.807) is 0 Å². The Morgan fingerprint density at radius 2 is 1.61 bits per heavy atom. The molecular weight excluding hydrogens is 329 g/mol. The quantitative estimate of drug-likeness (QED) is 0.786. The molecule has 0 atom stereocenters. The minimum Gasteiger partial charge on any atom is -0.488 e. The average molecular weight is 352 g/mol. The van der Waals surface area contributed by atoms with Gasteiger partial charge in [-0.05, 0) is 43.3 Å². The predicted molar refractivity (Wildman–Crippen MR) is 102 cm³/mol. The van der Waals surface area contributed by atoms with Crippen LogP contribution < -0.4 is 4.74 Å². The maximum absolute atomic E-state index is 5.98. The molecule has 0 bridgehead atoms. The summed E-state index contributed by atoms with van der Waals surface area (Å²) < 4.78 is 5.98. The molecule has 1 aliphatic heterocycles. The molecule has 1 aliphatic rings. The molecule has 0 unspecified atom stereocenters. The third kappa shape index (κ3) is 4.51. The van der Waals surface area contributed by atoms with Crippen LogP contribution in [0.5, 0.6) is 5.75 Å². The SMILES string of the molecule is CN(C)CCC=C1c2ccccc2COc2ccccc21.Cl.Cl.